The minimum Gasteiger partial charge on any atom is -0.390 e. The third kappa shape index (κ3) is 1.81. The van der Waals surface area contributed by atoms with E-state index in [1.54, 1.807) is 0 Å². The number of hydrogen-bond donors (Lipinski definition) is 1. The minimum atomic E-state index is -0.373. The van der Waals surface area contributed by atoms with Crippen LogP contribution in [0.4, 0.5) is 0 Å². The van der Waals surface area contributed by atoms with E-state index in [2.05, 4.69) is 0 Å². The molecular formula is C11H20O3. The zero-order valence-corrected chi connectivity index (χ0v) is 9.03. The quantitative estimate of drug-likeness (QED) is 0.691. The predicted octanol–water partition coefficient (Wildman–Crippen LogP) is 1.20. The zero-order chi connectivity index (χ0) is 10.2. The topological polar surface area (TPSA) is 38.7 Å². The molecule has 2 rings (SSSR count). The molecule has 0 spiro atoms. The summed E-state index contributed by atoms with van der Waals surface area (Å²) in [6.45, 7) is 6.27. The first-order valence-corrected chi connectivity index (χ1v) is 5.51. The Morgan fingerprint density at radius 1 is 1.29 bits per heavy atom. The van der Waals surface area contributed by atoms with E-state index in [1.807, 2.05) is 13.8 Å². The molecule has 3 nitrogen and oxygen atoms in total. The smallest absolute Gasteiger partial charge is 0.0888 e. The highest BCUT2D eigenvalue weighted by Crippen LogP contribution is 2.37. The number of hydrogen-bond acceptors (Lipinski definition) is 3. The molecule has 0 aliphatic carbocycles. The first-order valence-electron chi connectivity index (χ1n) is 5.51. The van der Waals surface area contributed by atoms with Crippen molar-refractivity contribution in [2.45, 2.75) is 38.4 Å². The van der Waals surface area contributed by atoms with Crippen molar-refractivity contribution in [2.75, 3.05) is 19.8 Å². The molecule has 2 fully saturated rings. The summed E-state index contributed by atoms with van der Waals surface area (Å²) in [7, 11) is 0. The lowest BCUT2D eigenvalue weighted by Gasteiger charge is -2.30. The molecular weight excluding hydrogens is 180 g/mol. The standard InChI is InChI=1S/C11H20O3/c1-11(2)10(12)9(7-14-11)8-4-3-5-13-6-8/h8-10,12H,3-7H2,1-2H3. The molecule has 2 aliphatic rings. The largest absolute Gasteiger partial charge is 0.390 e. The van der Waals surface area contributed by atoms with Crippen LogP contribution in [0, 0.1) is 11.8 Å². The molecule has 0 radical (unpaired) electrons. The number of aliphatic hydroxyl groups is 1. The number of rotatable bonds is 1. The van der Waals surface area contributed by atoms with Gasteiger partial charge in [-0.15, -0.1) is 0 Å². The summed E-state index contributed by atoms with van der Waals surface area (Å²) >= 11 is 0. The van der Waals surface area contributed by atoms with Gasteiger partial charge < -0.3 is 14.6 Å². The number of ether oxygens (including phenoxy) is 2. The van der Waals surface area contributed by atoms with Crippen molar-refractivity contribution < 1.29 is 14.6 Å². The molecule has 0 aromatic heterocycles. The molecule has 0 saturated carbocycles. The van der Waals surface area contributed by atoms with Crippen LogP contribution in [-0.2, 0) is 9.47 Å². The zero-order valence-electron chi connectivity index (χ0n) is 9.03. The van der Waals surface area contributed by atoms with Crippen LogP contribution in [0.5, 0.6) is 0 Å². The van der Waals surface area contributed by atoms with Crippen LogP contribution in [0.25, 0.3) is 0 Å². The van der Waals surface area contributed by atoms with E-state index in [9.17, 15) is 5.11 Å². The second-order valence-corrected chi connectivity index (χ2v) is 5.00. The van der Waals surface area contributed by atoms with E-state index in [-0.39, 0.29) is 17.6 Å². The summed E-state index contributed by atoms with van der Waals surface area (Å²) in [6, 6.07) is 0. The Morgan fingerprint density at radius 3 is 2.57 bits per heavy atom. The van der Waals surface area contributed by atoms with E-state index < -0.39 is 0 Å². The average Bonchev–Trinajstić information content (AvgIpc) is 2.44. The molecule has 0 amide bonds. The minimum absolute atomic E-state index is 0.269. The molecule has 2 aliphatic heterocycles. The van der Waals surface area contributed by atoms with Gasteiger partial charge in [-0.25, -0.2) is 0 Å². The van der Waals surface area contributed by atoms with Gasteiger partial charge in [-0.1, -0.05) is 0 Å². The van der Waals surface area contributed by atoms with E-state index >= 15 is 0 Å². The lowest BCUT2D eigenvalue weighted by atomic mass is 9.81. The van der Waals surface area contributed by atoms with E-state index in [1.165, 1.54) is 6.42 Å². The van der Waals surface area contributed by atoms with Gasteiger partial charge in [-0.2, -0.15) is 0 Å². The van der Waals surface area contributed by atoms with Gasteiger partial charge >= 0.3 is 0 Å². The second kappa shape index (κ2) is 3.80. The summed E-state index contributed by atoms with van der Waals surface area (Å²) in [5.41, 5.74) is -0.373. The molecule has 0 aromatic carbocycles. The molecule has 2 heterocycles. The maximum absolute atomic E-state index is 10.1. The maximum atomic E-state index is 10.1. The Bertz CT molecular complexity index is 197. The van der Waals surface area contributed by atoms with Gasteiger partial charge in [0.25, 0.3) is 0 Å². The van der Waals surface area contributed by atoms with Crippen molar-refractivity contribution in [2.24, 2.45) is 11.8 Å². The molecule has 3 atom stereocenters. The third-order valence-electron chi connectivity index (χ3n) is 3.57. The van der Waals surface area contributed by atoms with Gasteiger partial charge in [0.05, 0.1) is 18.3 Å². The van der Waals surface area contributed by atoms with Gasteiger partial charge in [0.15, 0.2) is 0 Å². The second-order valence-electron chi connectivity index (χ2n) is 5.00. The molecule has 1 N–H and O–H groups in total. The third-order valence-corrected chi connectivity index (χ3v) is 3.57. The summed E-state index contributed by atoms with van der Waals surface area (Å²) < 4.78 is 11.1. The predicted molar refractivity (Wildman–Crippen MR) is 53.1 cm³/mol. The Kier molecular flexibility index (Phi) is 2.82. The highest BCUT2D eigenvalue weighted by Gasteiger charge is 2.45. The Morgan fingerprint density at radius 2 is 2.07 bits per heavy atom. The summed E-state index contributed by atoms with van der Waals surface area (Å²) in [4.78, 5) is 0. The van der Waals surface area contributed by atoms with Crippen LogP contribution < -0.4 is 0 Å². The SMILES string of the molecule is CC1(C)OCC(C2CCCOC2)C1O. The van der Waals surface area contributed by atoms with Crippen LogP contribution in [0.3, 0.4) is 0 Å². The van der Waals surface area contributed by atoms with Gasteiger partial charge in [-0.05, 0) is 32.6 Å². The molecule has 2 saturated heterocycles. The average molecular weight is 200 g/mol. The van der Waals surface area contributed by atoms with E-state index in [0.29, 0.717) is 12.5 Å². The van der Waals surface area contributed by atoms with Crippen LogP contribution in [-0.4, -0.2) is 36.6 Å². The molecule has 0 bridgehead atoms. The normalized spacial score (nSPS) is 42.6. The number of aliphatic hydroxyl groups excluding tert-OH is 1. The van der Waals surface area contributed by atoms with Gasteiger partial charge in [0, 0.05) is 19.1 Å². The highest BCUT2D eigenvalue weighted by molar-refractivity contribution is 4.94. The Labute approximate surface area is 85.4 Å². The molecule has 82 valence electrons. The molecule has 14 heavy (non-hydrogen) atoms. The van der Waals surface area contributed by atoms with Crippen molar-refractivity contribution >= 4 is 0 Å². The van der Waals surface area contributed by atoms with Crippen LogP contribution in [0.1, 0.15) is 26.7 Å². The first-order chi connectivity index (χ1) is 6.61. The van der Waals surface area contributed by atoms with Gasteiger partial charge in [0.1, 0.15) is 0 Å². The van der Waals surface area contributed by atoms with Crippen molar-refractivity contribution in [1.29, 1.82) is 0 Å². The van der Waals surface area contributed by atoms with Crippen molar-refractivity contribution in [3.63, 3.8) is 0 Å². The summed E-state index contributed by atoms with van der Waals surface area (Å²) in [5.74, 6) is 0.755. The fourth-order valence-electron chi connectivity index (χ4n) is 2.50. The lowest BCUT2D eigenvalue weighted by Crippen LogP contribution is -2.39. The summed E-state index contributed by atoms with van der Waals surface area (Å²) in [5, 5.41) is 10.1. The highest BCUT2D eigenvalue weighted by atomic mass is 16.5. The van der Waals surface area contributed by atoms with Gasteiger partial charge in [-0.3, -0.25) is 0 Å². The van der Waals surface area contributed by atoms with E-state index in [0.717, 1.165) is 19.6 Å². The first kappa shape index (κ1) is 10.4. The molecule has 3 unspecified atom stereocenters. The Balaban J connectivity index is 1.98. The van der Waals surface area contributed by atoms with Crippen LogP contribution >= 0.6 is 0 Å². The monoisotopic (exact) mass is 200 g/mol. The van der Waals surface area contributed by atoms with Crippen molar-refractivity contribution in [1.82, 2.24) is 0 Å². The van der Waals surface area contributed by atoms with E-state index in [4.69, 9.17) is 9.47 Å². The lowest BCUT2D eigenvalue weighted by molar-refractivity contribution is -0.0388. The fourth-order valence-corrected chi connectivity index (χ4v) is 2.50. The summed E-state index contributed by atoms with van der Waals surface area (Å²) in [6.07, 6.45) is 1.95. The fraction of sp³-hybridized carbons (Fsp3) is 1.00. The maximum Gasteiger partial charge on any atom is 0.0888 e. The Hall–Kier alpha value is -0.120. The van der Waals surface area contributed by atoms with Gasteiger partial charge in [0.2, 0.25) is 0 Å². The van der Waals surface area contributed by atoms with Crippen molar-refractivity contribution in [3.8, 4) is 0 Å². The van der Waals surface area contributed by atoms with Crippen LogP contribution in [0.15, 0.2) is 0 Å². The van der Waals surface area contributed by atoms with Crippen LogP contribution in [0.2, 0.25) is 0 Å². The molecule has 3 heteroatoms. The van der Waals surface area contributed by atoms with Crippen molar-refractivity contribution in [3.05, 3.63) is 0 Å². The molecule has 0 aromatic rings.